The SMILES string of the molecule is CCOC(=O)C(O)Cc1ccc(OC)c(C(=O)NCc2ccc(C(F)(F)F)cc2)c1. The van der Waals surface area contributed by atoms with Crippen LogP contribution >= 0.6 is 0 Å². The van der Waals surface area contributed by atoms with Crippen LogP contribution in [-0.2, 0) is 28.7 Å². The highest BCUT2D eigenvalue weighted by Crippen LogP contribution is 2.29. The Labute approximate surface area is 171 Å². The Balaban J connectivity index is 2.09. The first kappa shape index (κ1) is 23.2. The third-order valence-electron chi connectivity index (χ3n) is 4.23. The van der Waals surface area contributed by atoms with Gasteiger partial charge in [-0.3, -0.25) is 4.79 Å². The largest absolute Gasteiger partial charge is 0.496 e. The Morgan fingerprint density at radius 2 is 1.73 bits per heavy atom. The fraction of sp³-hybridized carbons (Fsp3) is 0.333. The molecule has 0 saturated heterocycles. The fourth-order valence-corrected chi connectivity index (χ4v) is 2.69. The number of ether oxygens (including phenoxy) is 2. The number of hydrogen-bond acceptors (Lipinski definition) is 5. The predicted molar refractivity (Wildman–Crippen MR) is 102 cm³/mol. The minimum Gasteiger partial charge on any atom is -0.496 e. The predicted octanol–water partition coefficient (Wildman–Crippen LogP) is 3.11. The molecule has 0 aliphatic rings. The quantitative estimate of drug-likeness (QED) is 0.635. The normalized spacial score (nSPS) is 12.2. The van der Waals surface area contributed by atoms with Gasteiger partial charge in [-0.05, 0) is 42.3 Å². The summed E-state index contributed by atoms with van der Waals surface area (Å²) in [6.07, 6.45) is -5.85. The van der Waals surface area contributed by atoms with E-state index in [0.717, 1.165) is 12.1 Å². The zero-order chi connectivity index (χ0) is 22.3. The van der Waals surface area contributed by atoms with E-state index in [-0.39, 0.29) is 30.9 Å². The van der Waals surface area contributed by atoms with E-state index in [1.807, 2.05) is 0 Å². The summed E-state index contributed by atoms with van der Waals surface area (Å²) in [4.78, 5) is 24.2. The van der Waals surface area contributed by atoms with Gasteiger partial charge in [0, 0.05) is 13.0 Å². The van der Waals surface area contributed by atoms with Gasteiger partial charge in [0.15, 0.2) is 6.10 Å². The molecule has 0 fully saturated rings. The van der Waals surface area contributed by atoms with Gasteiger partial charge in [0.05, 0.1) is 24.8 Å². The van der Waals surface area contributed by atoms with E-state index in [2.05, 4.69) is 5.32 Å². The number of esters is 1. The molecule has 2 rings (SSSR count). The van der Waals surface area contributed by atoms with Crippen LogP contribution in [0.1, 0.15) is 34.0 Å². The van der Waals surface area contributed by atoms with Crippen molar-refractivity contribution in [3.63, 3.8) is 0 Å². The number of benzene rings is 2. The van der Waals surface area contributed by atoms with Gasteiger partial charge in [-0.15, -0.1) is 0 Å². The Bertz CT molecular complexity index is 881. The number of aliphatic hydroxyl groups excluding tert-OH is 1. The molecule has 1 atom stereocenters. The van der Waals surface area contributed by atoms with Crippen molar-refractivity contribution in [2.24, 2.45) is 0 Å². The number of carbonyl (C=O) groups is 2. The van der Waals surface area contributed by atoms with Crippen LogP contribution in [0.5, 0.6) is 5.75 Å². The van der Waals surface area contributed by atoms with Gasteiger partial charge >= 0.3 is 12.1 Å². The highest BCUT2D eigenvalue weighted by molar-refractivity contribution is 5.97. The second-order valence-electron chi connectivity index (χ2n) is 6.38. The van der Waals surface area contributed by atoms with E-state index in [1.165, 1.54) is 31.4 Å². The molecule has 0 saturated carbocycles. The van der Waals surface area contributed by atoms with Crippen LogP contribution in [0.3, 0.4) is 0 Å². The van der Waals surface area contributed by atoms with Crippen molar-refractivity contribution in [2.45, 2.75) is 32.2 Å². The molecule has 0 aliphatic heterocycles. The van der Waals surface area contributed by atoms with Crippen LogP contribution in [0, 0.1) is 0 Å². The average molecular weight is 425 g/mol. The number of halogens is 3. The molecule has 0 heterocycles. The molecule has 0 radical (unpaired) electrons. The number of aliphatic hydroxyl groups is 1. The fourth-order valence-electron chi connectivity index (χ4n) is 2.69. The lowest BCUT2D eigenvalue weighted by Crippen LogP contribution is -2.26. The molecule has 30 heavy (non-hydrogen) atoms. The van der Waals surface area contributed by atoms with E-state index < -0.39 is 29.7 Å². The topological polar surface area (TPSA) is 84.9 Å². The molecule has 0 spiro atoms. The summed E-state index contributed by atoms with van der Waals surface area (Å²) >= 11 is 0. The van der Waals surface area contributed by atoms with E-state index in [9.17, 15) is 27.9 Å². The summed E-state index contributed by atoms with van der Waals surface area (Å²) in [5.41, 5.74) is 0.394. The molecule has 0 bridgehead atoms. The van der Waals surface area contributed by atoms with Gasteiger partial charge in [0.2, 0.25) is 0 Å². The Hall–Kier alpha value is -3.07. The first-order valence-corrected chi connectivity index (χ1v) is 9.11. The number of alkyl halides is 3. The van der Waals surface area contributed by atoms with Crippen molar-refractivity contribution in [1.29, 1.82) is 0 Å². The number of methoxy groups -OCH3 is 1. The molecule has 0 aromatic heterocycles. The second kappa shape index (κ2) is 10.1. The maximum Gasteiger partial charge on any atom is 0.416 e. The summed E-state index contributed by atoms with van der Waals surface area (Å²) in [6, 6.07) is 9.06. The zero-order valence-electron chi connectivity index (χ0n) is 16.5. The minimum absolute atomic E-state index is 0.00973. The first-order chi connectivity index (χ1) is 14.2. The number of carbonyl (C=O) groups excluding carboxylic acids is 2. The highest BCUT2D eigenvalue weighted by Gasteiger charge is 2.30. The lowest BCUT2D eigenvalue weighted by molar-refractivity contribution is -0.152. The van der Waals surface area contributed by atoms with Gasteiger partial charge in [-0.2, -0.15) is 13.2 Å². The number of rotatable bonds is 8. The van der Waals surface area contributed by atoms with Crippen molar-refractivity contribution in [2.75, 3.05) is 13.7 Å². The Morgan fingerprint density at radius 3 is 2.30 bits per heavy atom. The van der Waals surface area contributed by atoms with E-state index in [4.69, 9.17) is 9.47 Å². The van der Waals surface area contributed by atoms with Gasteiger partial charge in [-0.1, -0.05) is 18.2 Å². The molecule has 2 aromatic rings. The molecule has 6 nitrogen and oxygen atoms in total. The van der Waals surface area contributed by atoms with E-state index in [1.54, 1.807) is 13.0 Å². The third kappa shape index (κ3) is 6.21. The van der Waals surface area contributed by atoms with Gasteiger partial charge in [0.1, 0.15) is 5.75 Å². The molecule has 1 unspecified atom stereocenters. The highest BCUT2D eigenvalue weighted by atomic mass is 19.4. The van der Waals surface area contributed by atoms with Crippen LogP contribution < -0.4 is 10.1 Å². The van der Waals surface area contributed by atoms with Crippen molar-refractivity contribution < 1.29 is 37.3 Å². The second-order valence-corrected chi connectivity index (χ2v) is 6.38. The van der Waals surface area contributed by atoms with Gasteiger partial charge < -0.3 is 19.9 Å². The average Bonchev–Trinajstić information content (AvgIpc) is 2.71. The Kier molecular flexibility index (Phi) is 7.82. The van der Waals surface area contributed by atoms with Crippen molar-refractivity contribution >= 4 is 11.9 Å². The number of nitrogens with one attached hydrogen (secondary N) is 1. The molecule has 9 heteroatoms. The van der Waals surface area contributed by atoms with Gasteiger partial charge in [0.25, 0.3) is 5.91 Å². The molecular weight excluding hydrogens is 403 g/mol. The van der Waals surface area contributed by atoms with Crippen molar-refractivity contribution in [3.8, 4) is 5.75 Å². The first-order valence-electron chi connectivity index (χ1n) is 9.11. The van der Waals surface area contributed by atoms with Crippen LogP contribution in [-0.4, -0.2) is 36.8 Å². The minimum atomic E-state index is -4.43. The number of hydrogen-bond donors (Lipinski definition) is 2. The third-order valence-corrected chi connectivity index (χ3v) is 4.23. The molecule has 0 aliphatic carbocycles. The van der Waals surface area contributed by atoms with Gasteiger partial charge in [-0.25, -0.2) is 4.79 Å². The molecule has 2 N–H and O–H groups in total. The van der Waals surface area contributed by atoms with Crippen molar-refractivity contribution in [3.05, 3.63) is 64.7 Å². The van der Waals surface area contributed by atoms with Crippen LogP contribution in [0.4, 0.5) is 13.2 Å². The summed E-state index contributed by atoms with van der Waals surface area (Å²) in [6.45, 7) is 1.77. The Morgan fingerprint density at radius 1 is 1.10 bits per heavy atom. The molecule has 162 valence electrons. The monoisotopic (exact) mass is 425 g/mol. The number of amides is 1. The van der Waals surface area contributed by atoms with E-state index >= 15 is 0 Å². The maximum atomic E-state index is 12.6. The lowest BCUT2D eigenvalue weighted by atomic mass is 10.0. The van der Waals surface area contributed by atoms with Crippen LogP contribution in [0.25, 0.3) is 0 Å². The molecule has 1 amide bonds. The standard InChI is InChI=1S/C21H22F3NO5/c1-3-30-20(28)17(26)11-14-6-9-18(29-2)16(10-14)19(27)25-12-13-4-7-15(8-5-13)21(22,23)24/h4-10,17,26H,3,11-12H2,1-2H3,(H,25,27). The van der Waals surface area contributed by atoms with Crippen LogP contribution in [0.2, 0.25) is 0 Å². The molecular formula is C21H22F3NO5. The van der Waals surface area contributed by atoms with E-state index in [0.29, 0.717) is 11.1 Å². The zero-order valence-corrected chi connectivity index (χ0v) is 16.5. The summed E-state index contributed by atoms with van der Waals surface area (Å²) in [5.74, 6) is -1.00. The van der Waals surface area contributed by atoms with Crippen LogP contribution in [0.15, 0.2) is 42.5 Å². The summed E-state index contributed by atoms with van der Waals surface area (Å²) < 4.78 is 47.8. The maximum absolute atomic E-state index is 12.6. The summed E-state index contributed by atoms with van der Waals surface area (Å²) in [5, 5.41) is 12.5. The molecule has 2 aromatic carbocycles. The smallest absolute Gasteiger partial charge is 0.416 e. The summed E-state index contributed by atoms with van der Waals surface area (Å²) in [7, 11) is 1.38. The lowest BCUT2D eigenvalue weighted by Gasteiger charge is -2.14. The van der Waals surface area contributed by atoms with Crippen molar-refractivity contribution in [1.82, 2.24) is 5.32 Å².